The quantitative estimate of drug-likeness (QED) is 0.774. The van der Waals surface area contributed by atoms with Gasteiger partial charge in [-0.05, 0) is 27.2 Å². The van der Waals surface area contributed by atoms with Crippen LogP contribution in [0.4, 0.5) is 10.5 Å². The summed E-state index contributed by atoms with van der Waals surface area (Å²) in [6.45, 7) is 10.3. The minimum Gasteiger partial charge on any atom is -0.494 e. The molecule has 0 saturated carbocycles. The van der Waals surface area contributed by atoms with Crippen molar-refractivity contribution in [3.63, 3.8) is 0 Å². The first-order valence-corrected chi connectivity index (χ1v) is 10.5. The van der Waals surface area contributed by atoms with Crippen molar-refractivity contribution in [2.24, 2.45) is 0 Å². The van der Waals surface area contributed by atoms with Gasteiger partial charge in [-0.25, -0.2) is 4.79 Å². The SMILES string of the molecule is CCc1[nH]c2nc(C3=COCCO3)nn2c(=O)c1N1CCN(C(=O)OC(C)(C)C)CC1. The second kappa shape index (κ2) is 8.12. The summed E-state index contributed by atoms with van der Waals surface area (Å²) in [5, 5.41) is 4.33. The van der Waals surface area contributed by atoms with Gasteiger partial charge in [0, 0.05) is 31.9 Å². The first-order chi connectivity index (χ1) is 14.8. The van der Waals surface area contributed by atoms with Crippen molar-refractivity contribution in [1.82, 2.24) is 24.5 Å². The number of nitrogens with zero attached hydrogens (tertiary/aromatic N) is 5. The van der Waals surface area contributed by atoms with Gasteiger partial charge in [0.05, 0.1) is 0 Å². The van der Waals surface area contributed by atoms with E-state index >= 15 is 0 Å². The van der Waals surface area contributed by atoms with E-state index in [1.165, 1.54) is 10.8 Å². The minimum absolute atomic E-state index is 0.257. The van der Waals surface area contributed by atoms with Crippen LogP contribution in [0.2, 0.25) is 0 Å². The molecule has 2 aliphatic rings. The zero-order valence-electron chi connectivity index (χ0n) is 18.3. The number of anilines is 1. The summed E-state index contributed by atoms with van der Waals surface area (Å²) < 4.78 is 17.5. The Morgan fingerprint density at radius 1 is 1.23 bits per heavy atom. The molecule has 0 aromatic carbocycles. The first-order valence-electron chi connectivity index (χ1n) is 10.5. The number of carbonyl (C=O) groups excluding carboxylic acids is 1. The Morgan fingerprint density at radius 2 is 1.97 bits per heavy atom. The molecule has 2 aromatic rings. The van der Waals surface area contributed by atoms with Crippen LogP contribution in [0, 0.1) is 0 Å². The number of carbonyl (C=O) groups is 1. The molecule has 11 nitrogen and oxygen atoms in total. The number of nitrogens with one attached hydrogen (secondary N) is 1. The smallest absolute Gasteiger partial charge is 0.410 e. The van der Waals surface area contributed by atoms with Crippen molar-refractivity contribution in [1.29, 1.82) is 0 Å². The summed E-state index contributed by atoms with van der Waals surface area (Å²) in [6, 6.07) is 0. The van der Waals surface area contributed by atoms with Crippen LogP contribution in [0.3, 0.4) is 0 Å². The Morgan fingerprint density at radius 3 is 2.58 bits per heavy atom. The third-order valence-corrected chi connectivity index (χ3v) is 5.02. The molecular formula is C20H28N6O5. The van der Waals surface area contributed by atoms with Gasteiger partial charge in [-0.1, -0.05) is 6.92 Å². The standard InChI is InChI=1S/C20H28N6O5/c1-5-13-15(24-6-8-25(9-7-24)19(28)31-20(2,3)4)17(27)26-18(21-13)22-16(23-26)14-12-29-10-11-30-14/h12H,5-11H2,1-4H3,(H,21,22,23). The number of piperazine rings is 1. The van der Waals surface area contributed by atoms with E-state index in [1.807, 2.05) is 32.6 Å². The maximum absolute atomic E-state index is 13.3. The van der Waals surface area contributed by atoms with Crippen LogP contribution in [0.5, 0.6) is 0 Å². The molecule has 0 radical (unpaired) electrons. The Kier molecular flexibility index (Phi) is 5.50. The normalized spacial score (nSPS) is 17.2. The molecule has 31 heavy (non-hydrogen) atoms. The fourth-order valence-corrected chi connectivity index (χ4v) is 3.57. The Bertz CT molecular complexity index is 1060. The van der Waals surface area contributed by atoms with Gasteiger partial charge < -0.3 is 29.0 Å². The van der Waals surface area contributed by atoms with Crippen LogP contribution < -0.4 is 10.5 Å². The Balaban J connectivity index is 1.59. The third kappa shape index (κ3) is 4.30. The number of fused-ring (bicyclic) bond motifs is 1. The lowest BCUT2D eigenvalue weighted by molar-refractivity contribution is 0.0240. The van der Waals surface area contributed by atoms with Crippen molar-refractivity contribution in [2.75, 3.05) is 44.3 Å². The highest BCUT2D eigenvalue weighted by Crippen LogP contribution is 2.20. The molecule has 0 bridgehead atoms. The number of ether oxygens (including phenoxy) is 3. The lowest BCUT2D eigenvalue weighted by atomic mass is 10.2. The van der Waals surface area contributed by atoms with Gasteiger partial charge in [0.15, 0.2) is 0 Å². The van der Waals surface area contributed by atoms with Crippen molar-refractivity contribution in [2.45, 2.75) is 39.7 Å². The van der Waals surface area contributed by atoms with Crippen molar-refractivity contribution in [3.05, 3.63) is 28.1 Å². The van der Waals surface area contributed by atoms with Crippen molar-refractivity contribution in [3.8, 4) is 0 Å². The van der Waals surface area contributed by atoms with Gasteiger partial charge in [0.25, 0.3) is 5.56 Å². The molecule has 0 atom stereocenters. The van der Waals surface area contributed by atoms with Crippen LogP contribution in [-0.4, -0.2) is 75.6 Å². The van der Waals surface area contributed by atoms with Gasteiger partial charge >= 0.3 is 6.09 Å². The van der Waals surface area contributed by atoms with Gasteiger partial charge in [-0.3, -0.25) is 4.79 Å². The number of aryl methyl sites for hydroxylation is 1. The summed E-state index contributed by atoms with van der Waals surface area (Å²) in [5.41, 5.74) is 0.522. The highest BCUT2D eigenvalue weighted by Gasteiger charge is 2.29. The van der Waals surface area contributed by atoms with Crippen LogP contribution >= 0.6 is 0 Å². The molecule has 1 amide bonds. The molecule has 0 aliphatic carbocycles. The summed E-state index contributed by atoms with van der Waals surface area (Å²) in [7, 11) is 0. The predicted octanol–water partition coefficient (Wildman–Crippen LogP) is 1.38. The number of hydrogen-bond donors (Lipinski definition) is 1. The first kappa shape index (κ1) is 21.0. The van der Waals surface area contributed by atoms with E-state index in [0.717, 1.165) is 5.69 Å². The van der Waals surface area contributed by atoms with E-state index < -0.39 is 5.60 Å². The monoisotopic (exact) mass is 432 g/mol. The summed E-state index contributed by atoms with van der Waals surface area (Å²) >= 11 is 0. The summed E-state index contributed by atoms with van der Waals surface area (Å²) in [5.74, 6) is 1.04. The van der Waals surface area contributed by atoms with E-state index in [0.29, 0.717) is 68.9 Å². The number of rotatable bonds is 3. The lowest BCUT2D eigenvalue weighted by Crippen LogP contribution is -2.51. The Hall–Kier alpha value is -3.24. The van der Waals surface area contributed by atoms with E-state index in [-0.39, 0.29) is 11.7 Å². The number of aromatic amines is 1. The van der Waals surface area contributed by atoms with Gasteiger partial charge in [0.2, 0.25) is 17.4 Å². The summed E-state index contributed by atoms with van der Waals surface area (Å²) in [4.78, 5) is 36.9. The largest absolute Gasteiger partial charge is 0.494 e. The van der Waals surface area contributed by atoms with Gasteiger partial charge in [-0.2, -0.15) is 9.50 Å². The molecule has 2 aromatic heterocycles. The highest BCUT2D eigenvalue weighted by molar-refractivity contribution is 5.68. The predicted molar refractivity (Wildman–Crippen MR) is 113 cm³/mol. The van der Waals surface area contributed by atoms with E-state index in [1.54, 1.807) is 4.90 Å². The molecule has 1 N–H and O–H groups in total. The number of hydrogen-bond acceptors (Lipinski definition) is 8. The zero-order valence-corrected chi connectivity index (χ0v) is 18.3. The summed E-state index contributed by atoms with van der Waals surface area (Å²) in [6.07, 6.45) is 1.74. The lowest BCUT2D eigenvalue weighted by Gasteiger charge is -2.36. The molecule has 4 rings (SSSR count). The van der Waals surface area contributed by atoms with E-state index in [4.69, 9.17) is 14.2 Å². The second-order valence-electron chi connectivity index (χ2n) is 8.44. The molecular weight excluding hydrogens is 404 g/mol. The number of amides is 1. The molecule has 1 fully saturated rings. The topological polar surface area (TPSA) is 114 Å². The minimum atomic E-state index is -0.543. The Labute approximate surface area is 179 Å². The number of H-pyrrole nitrogens is 1. The molecule has 11 heteroatoms. The van der Waals surface area contributed by atoms with Crippen molar-refractivity contribution >= 4 is 23.3 Å². The second-order valence-corrected chi connectivity index (χ2v) is 8.44. The maximum atomic E-state index is 13.3. The molecule has 2 aliphatic heterocycles. The van der Waals surface area contributed by atoms with Gasteiger partial charge in [0.1, 0.15) is 30.8 Å². The van der Waals surface area contributed by atoms with E-state index in [9.17, 15) is 9.59 Å². The average Bonchev–Trinajstić information content (AvgIpc) is 3.18. The maximum Gasteiger partial charge on any atom is 0.410 e. The molecule has 168 valence electrons. The zero-order chi connectivity index (χ0) is 22.2. The fraction of sp³-hybridized carbons (Fsp3) is 0.600. The molecule has 1 saturated heterocycles. The average molecular weight is 432 g/mol. The van der Waals surface area contributed by atoms with Gasteiger partial charge in [-0.15, -0.1) is 5.10 Å². The highest BCUT2D eigenvalue weighted by atomic mass is 16.6. The third-order valence-electron chi connectivity index (χ3n) is 5.02. The van der Waals surface area contributed by atoms with Crippen LogP contribution in [0.1, 0.15) is 39.2 Å². The molecule has 0 spiro atoms. The fourth-order valence-electron chi connectivity index (χ4n) is 3.57. The van der Waals surface area contributed by atoms with Crippen LogP contribution in [0.25, 0.3) is 11.5 Å². The van der Waals surface area contributed by atoms with E-state index in [2.05, 4.69) is 15.1 Å². The van der Waals surface area contributed by atoms with Crippen LogP contribution in [-0.2, 0) is 20.6 Å². The molecule has 4 heterocycles. The van der Waals surface area contributed by atoms with Crippen molar-refractivity contribution < 1.29 is 19.0 Å². The number of aromatic nitrogens is 4. The van der Waals surface area contributed by atoms with Crippen LogP contribution in [0.15, 0.2) is 11.1 Å². The molecule has 0 unspecified atom stereocenters.